The van der Waals surface area contributed by atoms with Crippen molar-refractivity contribution in [1.82, 2.24) is 0 Å². The van der Waals surface area contributed by atoms with Crippen molar-refractivity contribution in [1.29, 1.82) is 5.26 Å². The molecule has 0 N–H and O–H groups in total. The van der Waals surface area contributed by atoms with E-state index in [1.807, 2.05) is 0 Å². The second kappa shape index (κ2) is 5.62. The molecule has 0 aromatic heterocycles. The van der Waals surface area contributed by atoms with Crippen molar-refractivity contribution >= 4 is 55.1 Å². The molecule has 1 rings (SSSR count). The first-order valence-corrected chi connectivity index (χ1v) is 6.53. The number of hydrogen-bond donors (Lipinski definition) is 0. The highest BCUT2D eigenvalue weighted by Gasteiger charge is 2.34. The molecule has 88 valence electrons. The molecule has 0 bridgehead atoms. The number of nitrogens with zero attached hydrogens (tertiary/aromatic N) is 2. The molecule has 0 heterocycles. The van der Waals surface area contributed by atoms with Gasteiger partial charge in [-0.3, -0.25) is 14.9 Å². The first-order chi connectivity index (χ1) is 7.88. The van der Waals surface area contributed by atoms with Gasteiger partial charge in [-0.25, -0.2) is 0 Å². The topological polar surface area (TPSA) is 84.0 Å². The van der Waals surface area contributed by atoms with Crippen LogP contribution in [0.5, 0.6) is 0 Å². The monoisotopic (exact) mass is 378 g/mol. The van der Waals surface area contributed by atoms with Gasteiger partial charge in [0.05, 0.1) is 4.92 Å². The van der Waals surface area contributed by atoms with E-state index >= 15 is 0 Å². The van der Waals surface area contributed by atoms with Crippen molar-refractivity contribution in [2.45, 2.75) is 2.57 Å². The molecular formula is C9H4Br2N2O3S. The average molecular weight is 380 g/mol. The van der Waals surface area contributed by atoms with Crippen LogP contribution in [0.2, 0.25) is 0 Å². The van der Waals surface area contributed by atoms with Gasteiger partial charge in [0.25, 0.3) is 5.69 Å². The third-order valence-corrected chi connectivity index (χ3v) is 4.00. The number of ketones is 1. The van der Waals surface area contributed by atoms with Gasteiger partial charge in [-0.2, -0.15) is 5.26 Å². The van der Waals surface area contributed by atoms with E-state index in [0.29, 0.717) is 11.8 Å². The van der Waals surface area contributed by atoms with Crippen molar-refractivity contribution in [2.24, 2.45) is 0 Å². The molecule has 17 heavy (non-hydrogen) atoms. The maximum absolute atomic E-state index is 11.9. The van der Waals surface area contributed by atoms with Crippen molar-refractivity contribution in [3.05, 3.63) is 39.9 Å². The average Bonchev–Trinajstić information content (AvgIpc) is 2.28. The summed E-state index contributed by atoms with van der Waals surface area (Å²) in [4.78, 5) is 21.8. The molecule has 0 unspecified atom stereocenters. The van der Waals surface area contributed by atoms with E-state index in [2.05, 4.69) is 31.9 Å². The summed E-state index contributed by atoms with van der Waals surface area (Å²) in [6, 6.07) is 5.16. The van der Waals surface area contributed by atoms with Crippen LogP contribution in [0.25, 0.3) is 0 Å². The Hall–Kier alpha value is -0.910. The number of halogens is 2. The van der Waals surface area contributed by atoms with Gasteiger partial charge in [0.2, 0.25) is 8.35 Å². The lowest BCUT2D eigenvalue weighted by molar-refractivity contribution is -0.384. The number of nitriles is 1. The van der Waals surface area contributed by atoms with Crippen LogP contribution in [0.3, 0.4) is 0 Å². The first-order valence-electron chi connectivity index (χ1n) is 4.12. The van der Waals surface area contributed by atoms with Gasteiger partial charge in [-0.15, -0.1) is 0 Å². The first kappa shape index (κ1) is 14.2. The van der Waals surface area contributed by atoms with E-state index in [-0.39, 0.29) is 17.0 Å². The van der Waals surface area contributed by atoms with Gasteiger partial charge < -0.3 is 0 Å². The van der Waals surface area contributed by atoms with Crippen molar-refractivity contribution < 1.29 is 9.72 Å². The number of nitro benzene ring substituents is 1. The minimum atomic E-state index is -1.23. The molecule has 0 fully saturated rings. The highest BCUT2D eigenvalue weighted by Crippen LogP contribution is 2.41. The summed E-state index contributed by atoms with van der Waals surface area (Å²) in [7, 11) is 0. The Labute approximate surface area is 118 Å². The van der Waals surface area contributed by atoms with E-state index in [9.17, 15) is 14.9 Å². The highest BCUT2D eigenvalue weighted by molar-refractivity contribution is 9.28. The molecule has 0 atom stereocenters. The Kier molecular flexibility index (Phi) is 4.68. The highest BCUT2D eigenvalue weighted by atomic mass is 79.9. The van der Waals surface area contributed by atoms with Crippen molar-refractivity contribution in [3.8, 4) is 5.40 Å². The number of hydrogen-bond acceptors (Lipinski definition) is 5. The van der Waals surface area contributed by atoms with Crippen LogP contribution < -0.4 is 0 Å². The van der Waals surface area contributed by atoms with Crippen LogP contribution in [0.15, 0.2) is 24.3 Å². The molecule has 5 nitrogen and oxygen atoms in total. The summed E-state index contributed by atoms with van der Waals surface area (Å²) >= 11 is 6.83. The molecule has 8 heteroatoms. The number of benzene rings is 1. The maximum atomic E-state index is 11.9. The molecule has 1 aromatic rings. The quantitative estimate of drug-likeness (QED) is 0.263. The van der Waals surface area contributed by atoms with Gasteiger partial charge in [0.15, 0.2) is 0 Å². The zero-order chi connectivity index (χ0) is 13.1. The van der Waals surface area contributed by atoms with Gasteiger partial charge in [0.1, 0.15) is 5.40 Å². The number of alkyl halides is 2. The SMILES string of the molecule is N#CSC(Br)(Br)C(=O)c1ccc([N+](=O)[O-])cc1. The van der Waals surface area contributed by atoms with Crippen LogP contribution in [-0.4, -0.2) is 13.3 Å². The Bertz CT molecular complexity index is 496. The fourth-order valence-electron chi connectivity index (χ4n) is 1.01. The van der Waals surface area contributed by atoms with E-state index in [0.717, 1.165) is 0 Å². The normalized spacial score (nSPS) is 10.6. The summed E-state index contributed by atoms with van der Waals surface area (Å²) in [5, 5.41) is 20.7. The number of Topliss-reactive ketones (excluding diaryl/α,β-unsaturated/α-hetero) is 1. The fraction of sp³-hybridized carbons (Fsp3) is 0.111. The molecule has 0 amide bonds. The van der Waals surface area contributed by atoms with Crippen LogP contribution in [0.1, 0.15) is 10.4 Å². The Morgan fingerprint density at radius 2 is 1.94 bits per heavy atom. The lowest BCUT2D eigenvalue weighted by Gasteiger charge is -2.13. The Balaban J connectivity index is 2.99. The summed E-state index contributed by atoms with van der Waals surface area (Å²) in [5.41, 5.74) is 0.177. The zero-order valence-corrected chi connectivity index (χ0v) is 12.1. The van der Waals surface area contributed by atoms with Crippen LogP contribution in [0, 0.1) is 20.8 Å². The van der Waals surface area contributed by atoms with Gasteiger partial charge in [0, 0.05) is 17.7 Å². The predicted octanol–water partition coefficient (Wildman–Crippen LogP) is 3.44. The number of thiocyanates is 1. The molecule has 0 saturated carbocycles. The largest absolute Gasteiger partial charge is 0.291 e. The van der Waals surface area contributed by atoms with Crippen LogP contribution >= 0.6 is 43.6 Å². The van der Waals surface area contributed by atoms with E-state index in [1.54, 1.807) is 5.40 Å². The maximum Gasteiger partial charge on any atom is 0.269 e. The lowest BCUT2D eigenvalue weighted by atomic mass is 10.1. The molecule has 0 aliphatic rings. The third kappa shape index (κ3) is 3.52. The number of rotatable bonds is 4. The summed E-state index contributed by atoms with van der Waals surface area (Å²) < 4.78 is -1.23. The minimum absolute atomic E-state index is 0.0933. The summed E-state index contributed by atoms with van der Waals surface area (Å²) in [6.07, 6.45) is 0. The number of nitro groups is 1. The molecule has 0 aliphatic carbocycles. The smallest absolute Gasteiger partial charge is 0.269 e. The Morgan fingerprint density at radius 3 is 2.35 bits per heavy atom. The van der Waals surface area contributed by atoms with Crippen LogP contribution in [-0.2, 0) is 0 Å². The van der Waals surface area contributed by atoms with Crippen molar-refractivity contribution in [3.63, 3.8) is 0 Å². The number of non-ortho nitro benzene ring substituents is 1. The minimum Gasteiger partial charge on any atom is -0.291 e. The number of carbonyl (C=O) groups excluding carboxylic acids is 1. The van der Waals surface area contributed by atoms with E-state index < -0.39 is 7.49 Å². The van der Waals surface area contributed by atoms with E-state index in [4.69, 9.17) is 5.26 Å². The molecule has 0 aliphatic heterocycles. The Morgan fingerprint density at radius 1 is 1.41 bits per heavy atom. The van der Waals surface area contributed by atoms with Gasteiger partial charge in [-0.1, -0.05) is 31.9 Å². The molecule has 0 spiro atoms. The number of carbonyl (C=O) groups is 1. The predicted molar refractivity (Wildman–Crippen MR) is 71.2 cm³/mol. The van der Waals surface area contributed by atoms with Crippen molar-refractivity contribution in [2.75, 3.05) is 0 Å². The lowest BCUT2D eigenvalue weighted by Crippen LogP contribution is -2.20. The summed E-state index contributed by atoms with van der Waals surface area (Å²) in [5.74, 6) is -0.390. The molecule has 0 radical (unpaired) electrons. The number of thioether (sulfide) groups is 1. The molecule has 1 aromatic carbocycles. The second-order valence-corrected chi connectivity index (χ2v) is 8.34. The fourth-order valence-corrected chi connectivity index (χ4v) is 2.22. The van der Waals surface area contributed by atoms with Crippen LogP contribution in [0.4, 0.5) is 5.69 Å². The van der Waals surface area contributed by atoms with E-state index in [1.165, 1.54) is 24.3 Å². The summed E-state index contributed by atoms with van der Waals surface area (Å²) in [6.45, 7) is 0. The second-order valence-electron chi connectivity index (χ2n) is 2.84. The van der Waals surface area contributed by atoms with Gasteiger partial charge in [-0.05, 0) is 23.9 Å². The third-order valence-electron chi connectivity index (χ3n) is 1.78. The standard InChI is InChI=1S/C9H4Br2N2O3S/c10-9(11,17-5-12)8(14)6-1-3-7(4-2-6)13(15)16/h1-4H. The zero-order valence-electron chi connectivity index (χ0n) is 8.09. The molecular weight excluding hydrogens is 376 g/mol. The van der Waals surface area contributed by atoms with Gasteiger partial charge >= 0.3 is 0 Å². The molecule has 0 saturated heterocycles.